The zero-order valence-corrected chi connectivity index (χ0v) is 18.5. The molecule has 0 saturated carbocycles. The van der Waals surface area contributed by atoms with Crippen molar-refractivity contribution >= 4 is 45.9 Å². The van der Waals surface area contributed by atoms with Gasteiger partial charge in [0, 0.05) is 23.4 Å². The van der Waals surface area contributed by atoms with Crippen LogP contribution in [-0.2, 0) is 17.8 Å². The molecule has 33 heavy (non-hydrogen) atoms. The third kappa shape index (κ3) is 5.39. The molecule has 0 bridgehead atoms. The summed E-state index contributed by atoms with van der Waals surface area (Å²) in [6, 6.07) is 13.5. The van der Waals surface area contributed by atoms with Gasteiger partial charge in [-0.2, -0.15) is 0 Å². The van der Waals surface area contributed by atoms with Gasteiger partial charge in [0.2, 0.25) is 0 Å². The predicted octanol–water partition coefficient (Wildman–Crippen LogP) is 3.64. The van der Waals surface area contributed by atoms with Gasteiger partial charge in [-0.25, -0.2) is 9.89 Å². The zero-order valence-electron chi connectivity index (χ0n) is 17.0. The maximum atomic E-state index is 12.5. The van der Waals surface area contributed by atoms with Crippen LogP contribution in [0.5, 0.6) is 5.75 Å². The fourth-order valence-electron chi connectivity index (χ4n) is 3.35. The fraction of sp³-hybridized carbons (Fsp3) is 0.136. The molecule has 0 fully saturated rings. The summed E-state index contributed by atoms with van der Waals surface area (Å²) in [7, 11) is 0. The molecule has 11 heteroatoms. The quantitative estimate of drug-likeness (QED) is 0.347. The number of nitrogens with zero attached hydrogens (tertiary/aromatic N) is 3. The van der Waals surface area contributed by atoms with Gasteiger partial charge in [-0.3, -0.25) is 4.79 Å². The first-order valence-electron chi connectivity index (χ1n) is 9.75. The van der Waals surface area contributed by atoms with Crippen LogP contribution < -0.4 is 10.1 Å². The number of carbonyl (C=O) groups is 2. The highest BCUT2D eigenvalue weighted by Crippen LogP contribution is 2.36. The Morgan fingerprint density at radius 2 is 1.88 bits per heavy atom. The van der Waals surface area contributed by atoms with Crippen LogP contribution in [0.25, 0.3) is 10.8 Å². The monoisotopic (exact) mass is 485 g/mol. The second kappa shape index (κ2) is 9.85. The van der Waals surface area contributed by atoms with E-state index in [1.807, 2.05) is 24.3 Å². The van der Waals surface area contributed by atoms with Crippen molar-refractivity contribution in [3.05, 3.63) is 81.1 Å². The molecule has 1 aromatic heterocycles. The fourth-order valence-corrected chi connectivity index (χ4v) is 3.95. The number of carbonyl (C=O) groups excluding carboxylic acids is 1. The third-order valence-corrected chi connectivity index (χ3v) is 5.39. The highest BCUT2D eigenvalue weighted by atomic mass is 35.5. The minimum Gasteiger partial charge on any atom is -0.483 e. The van der Waals surface area contributed by atoms with Crippen molar-refractivity contribution in [3.63, 3.8) is 0 Å². The van der Waals surface area contributed by atoms with Crippen LogP contribution in [0.3, 0.4) is 0 Å². The number of benzene rings is 3. The summed E-state index contributed by atoms with van der Waals surface area (Å²) < 4.78 is 5.66. The van der Waals surface area contributed by atoms with Crippen molar-refractivity contribution in [3.8, 4) is 5.75 Å². The molecule has 0 aliphatic heterocycles. The largest absolute Gasteiger partial charge is 0.483 e. The number of tetrazole rings is 1. The van der Waals surface area contributed by atoms with Crippen molar-refractivity contribution in [1.29, 1.82) is 0 Å². The number of aromatic amines is 1. The van der Waals surface area contributed by atoms with E-state index in [9.17, 15) is 14.7 Å². The highest BCUT2D eigenvalue weighted by molar-refractivity contribution is 6.39. The van der Waals surface area contributed by atoms with E-state index in [1.54, 1.807) is 6.07 Å². The lowest BCUT2D eigenvalue weighted by molar-refractivity contribution is -0.123. The Kier molecular flexibility index (Phi) is 6.71. The van der Waals surface area contributed by atoms with Crippen molar-refractivity contribution in [2.75, 3.05) is 6.61 Å². The molecule has 0 spiro atoms. The van der Waals surface area contributed by atoms with E-state index in [1.165, 1.54) is 18.2 Å². The molecule has 3 N–H and O–H groups in total. The molecule has 3 aromatic carbocycles. The molecule has 1 heterocycles. The molecule has 0 aliphatic carbocycles. The van der Waals surface area contributed by atoms with Crippen LogP contribution >= 0.6 is 23.2 Å². The number of amides is 1. The number of hydrogen-bond acceptors (Lipinski definition) is 6. The summed E-state index contributed by atoms with van der Waals surface area (Å²) in [5.74, 6) is -0.731. The van der Waals surface area contributed by atoms with E-state index in [0.29, 0.717) is 33.1 Å². The van der Waals surface area contributed by atoms with E-state index >= 15 is 0 Å². The Hall–Kier alpha value is -3.69. The number of aromatic nitrogens is 4. The van der Waals surface area contributed by atoms with Crippen LogP contribution in [-0.4, -0.2) is 44.2 Å². The van der Waals surface area contributed by atoms with Gasteiger partial charge in [0.05, 0.1) is 10.6 Å². The average molecular weight is 486 g/mol. The van der Waals surface area contributed by atoms with Crippen molar-refractivity contribution in [1.82, 2.24) is 25.9 Å². The predicted molar refractivity (Wildman–Crippen MR) is 122 cm³/mol. The standard InChI is InChI=1S/C22H17Cl2N5O4/c23-16-6-14-5-15(22(31)32)7-18(21(14)17(24)9-16)33-11-20(30)25-10-13-4-2-1-3-12(13)8-19-26-28-29-27-19/h1-7,9H,8,10-11H2,(H,25,30)(H,31,32)(H,26,27,28,29). The van der Waals surface area contributed by atoms with Crippen LogP contribution in [0.15, 0.2) is 48.5 Å². The molecular formula is C22H17Cl2N5O4. The molecule has 0 radical (unpaired) electrons. The summed E-state index contributed by atoms with van der Waals surface area (Å²) in [4.78, 5) is 24.0. The first-order valence-corrected chi connectivity index (χ1v) is 10.5. The smallest absolute Gasteiger partial charge is 0.335 e. The third-order valence-electron chi connectivity index (χ3n) is 4.88. The summed E-state index contributed by atoms with van der Waals surface area (Å²) >= 11 is 12.3. The molecule has 4 rings (SSSR count). The lowest BCUT2D eigenvalue weighted by Crippen LogP contribution is -2.28. The van der Waals surface area contributed by atoms with Gasteiger partial charge in [0.25, 0.3) is 5.91 Å². The number of carboxylic acid groups (broad SMARTS) is 1. The average Bonchev–Trinajstić information content (AvgIpc) is 3.29. The molecule has 0 saturated heterocycles. The molecule has 1 amide bonds. The number of carboxylic acids is 1. The molecule has 168 valence electrons. The van der Waals surface area contributed by atoms with E-state index in [2.05, 4.69) is 25.9 Å². The number of fused-ring (bicyclic) bond motifs is 1. The first kappa shape index (κ1) is 22.5. The lowest BCUT2D eigenvalue weighted by Gasteiger charge is -2.13. The normalized spacial score (nSPS) is 10.8. The molecule has 9 nitrogen and oxygen atoms in total. The summed E-state index contributed by atoms with van der Waals surface area (Å²) in [5.41, 5.74) is 1.85. The van der Waals surface area contributed by atoms with Crippen LogP contribution in [0.2, 0.25) is 10.0 Å². The number of H-pyrrole nitrogens is 1. The Bertz CT molecular complexity index is 1330. The number of aromatic carboxylic acids is 1. The second-order valence-corrected chi connectivity index (χ2v) is 7.97. The minimum atomic E-state index is -1.14. The van der Waals surface area contributed by atoms with Crippen LogP contribution in [0.4, 0.5) is 0 Å². The van der Waals surface area contributed by atoms with Gasteiger partial charge in [-0.05, 0) is 51.2 Å². The maximum Gasteiger partial charge on any atom is 0.335 e. The molecule has 4 aromatic rings. The Balaban J connectivity index is 1.46. The Labute approximate surface area is 197 Å². The van der Waals surface area contributed by atoms with E-state index in [4.69, 9.17) is 27.9 Å². The number of halogens is 2. The maximum absolute atomic E-state index is 12.5. The van der Waals surface area contributed by atoms with Crippen LogP contribution in [0, 0.1) is 0 Å². The van der Waals surface area contributed by atoms with E-state index in [0.717, 1.165) is 11.1 Å². The van der Waals surface area contributed by atoms with Gasteiger partial charge < -0.3 is 15.2 Å². The molecule has 0 atom stereocenters. The molecular weight excluding hydrogens is 469 g/mol. The van der Waals surface area contributed by atoms with Gasteiger partial charge in [-0.15, -0.1) is 5.10 Å². The molecule has 0 unspecified atom stereocenters. The van der Waals surface area contributed by atoms with Gasteiger partial charge >= 0.3 is 5.97 Å². The van der Waals surface area contributed by atoms with Gasteiger partial charge in [0.15, 0.2) is 12.4 Å². The lowest BCUT2D eigenvalue weighted by atomic mass is 10.0. The number of nitrogens with one attached hydrogen (secondary N) is 2. The summed E-state index contributed by atoms with van der Waals surface area (Å²) in [6.45, 7) is -0.0580. The number of ether oxygens (including phenoxy) is 1. The summed E-state index contributed by atoms with van der Waals surface area (Å²) in [5, 5.41) is 27.5. The van der Waals surface area contributed by atoms with Crippen molar-refractivity contribution in [2.45, 2.75) is 13.0 Å². The Morgan fingerprint density at radius 3 is 2.61 bits per heavy atom. The molecule has 0 aliphatic rings. The minimum absolute atomic E-state index is 0.00734. The van der Waals surface area contributed by atoms with E-state index < -0.39 is 5.97 Å². The van der Waals surface area contributed by atoms with E-state index in [-0.39, 0.29) is 30.4 Å². The zero-order chi connectivity index (χ0) is 23.4. The van der Waals surface area contributed by atoms with Gasteiger partial charge in [-0.1, -0.05) is 47.5 Å². The SMILES string of the molecule is O=C(COc1cc(C(=O)O)cc2cc(Cl)cc(Cl)c12)NCc1ccccc1Cc1nnn[nH]1. The van der Waals surface area contributed by atoms with Crippen molar-refractivity contribution < 1.29 is 19.4 Å². The number of rotatable bonds is 8. The highest BCUT2D eigenvalue weighted by Gasteiger charge is 2.15. The topological polar surface area (TPSA) is 130 Å². The second-order valence-electron chi connectivity index (χ2n) is 7.12. The van der Waals surface area contributed by atoms with Gasteiger partial charge in [0.1, 0.15) is 5.75 Å². The van der Waals surface area contributed by atoms with Crippen molar-refractivity contribution in [2.24, 2.45) is 0 Å². The first-order chi connectivity index (χ1) is 15.9. The summed E-state index contributed by atoms with van der Waals surface area (Å²) in [6.07, 6.45) is 0.491. The Morgan fingerprint density at radius 1 is 1.09 bits per heavy atom. The number of hydrogen-bond donors (Lipinski definition) is 3. The van der Waals surface area contributed by atoms with Crippen LogP contribution in [0.1, 0.15) is 27.3 Å².